The first kappa shape index (κ1) is 14.3. The van der Waals surface area contributed by atoms with Crippen LogP contribution < -0.4 is 5.32 Å². The third kappa shape index (κ3) is 3.25. The highest BCUT2D eigenvalue weighted by atomic mass is 19.1. The summed E-state index contributed by atoms with van der Waals surface area (Å²) in [6.07, 6.45) is -0.000523. The molecule has 1 N–H and O–H groups in total. The molecule has 2 rings (SSSR count). The molecule has 2 nitrogen and oxygen atoms in total. The molecule has 1 aliphatic rings. The molecule has 1 aliphatic heterocycles. The fourth-order valence-corrected chi connectivity index (χ4v) is 2.48. The Bertz CT molecular complexity index is 410. The molecular formula is C13H16F4N2. The summed E-state index contributed by atoms with van der Waals surface area (Å²) >= 11 is 0. The molecule has 0 amide bonds. The van der Waals surface area contributed by atoms with E-state index in [1.807, 2.05) is 4.90 Å². The monoisotopic (exact) mass is 276 g/mol. The molecule has 1 aromatic rings. The lowest BCUT2D eigenvalue weighted by Crippen LogP contribution is -2.45. The van der Waals surface area contributed by atoms with Gasteiger partial charge in [0.15, 0.2) is 0 Å². The van der Waals surface area contributed by atoms with Crippen LogP contribution in [-0.2, 0) is 0 Å². The molecule has 19 heavy (non-hydrogen) atoms. The van der Waals surface area contributed by atoms with E-state index in [0.29, 0.717) is 38.3 Å². The van der Waals surface area contributed by atoms with Crippen LogP contribution in [0.1, 0.15) is 18.0 Å². The van der Waals surface area contributed by atoms with Gasteiger partial charge < -0.3 is 5.32 Å². The van der Waals surface area contributed by atoms with Crippen molar-refractivity contribution in [3.63, 3.8) is 0 Å². The highest BCUT2D eigenvalue weighted by molar-refractivity contribution is 5.24. The maximum Gasteiger partial charge on any atom is 0.133 e. The summed E-state index contributed by atoms with van der Waals surface area (Å²) in [5, 5.41) is 3.12. The minimum absolute atomic E-state index is 0.000523. The summed E-state index contributed by atoms with van der Waals surface area (Å²) in [7, 11) is 0. The Hall–Kier alpha value is -1.14. The average Bonchev–Trinajstić information content (AvgIpc) is 2.37. The first-order valence-electron chi connectivity index (χ1n) is 6.28. The van der Waals surface area contributed by atoms with Crippen LogP contribution in [0.3, 0.4) is 0 Å². The summed E-state index contributed by atoms with van der Waals surface area (Å²) in [6.45, 7) is 1.87. The summed E-state index contributed by atoms with van der Waals surface area (Å²) in [5.74, 6) is -2.86. The van der Waals surface area contributed by atoms with Gasteiger partial charge in [-0.3, -0.25) is 9.29 Å². The van der Waals surface area contributed by atoms with Crippen molar-refractivity contribution in [2.45, 2.75) is 12.5 Å². The van der Waals surface area contributed by atoms with Crippen molar-refractivity contribution in [2.75, 3.05) is 32.9 Å². The lowest BCUT2D eigenvalue weighted by atomic mass is 10.00. The minimum Gasteiger partial charge on any atom is -0.314 e. The molecule has 1 heterocycles. The van der Waals surface area contributed by atoms with Gasteiger partial charge in [-0.25, -0.2) is 13.2 Å². The zero-order valence-corrected chi connectivity index (χ0v) is 10.4. The number of hydrogen-bond acceptors (Lipinski definition) is 2. The number of hydrogen-bond donors (Lipinski definition) is 1. The maximum absolute atomic E-state index is 13.8. The van der Waals surface area contributed by atoms with Crippen molar-refractivity contribution in [2.24, 2.45) is 0 Å². The van der Waals surface area contributed by atoms with Gasteiger partial charge in [-0.15, -0.1) is 0 Å². The van der Waals surface area contributed by atoms with E-state index in [1.54, 1.807) is 0 Å². The van der Waals surface area contributed by atoms with E-state index in [9.17, 15) is 17.6 Å². The van der Waals surface area contributed by atoms with Gasteiger partial charge in [0.05, 0.1) is 6.67 Å². The molecule has 0 radical (unpaired) electrons. The number of nitrogens with zero attached hydrogens (tertiary/aromatic N) is 1. The summed E-state index contributed by atoms with van der Waals surface area (Å²) in [6, 6.07) is 0.602. The third-order valence-electron chi connectivity index (χ3n) is 3.35. The second-order valence-corrected chi connectivity index (χ2v) is 4.56. The van der Waals surface area contributed by atoms with Crippen molar-refractivity contribution in [3.8, 4) is 0 Å². The van der Waals surface area contributed by atoms with Gasteiger partial charge in [0, 0.05) is 49.9 Å². The van der Waals surface area contributed by atoms with Crippen molar-refractivity contribution >= 4 is 0 Å². The van der Waals surface area contributed by atoms with Crippen LogP contribution in [0.4, 0.5) is 17.6 Å². The van der Waals surface area contributed by atoms with Gasteiger partial charge in [-0.2, -0.15) is 0 Å². The predicted octanol–water partition coefficient (Wildman–Crippen LogP) is 2.41. The van der Waals surface area contributed by atoms with E-state index in [1.165, 1.54) is 0 Å². The number of piperazine rings is 1. The van der Waals surface area contributed by atoms with Crippen molar-refractivity contribution in [1.82, 2.24) is 10.2 Å². The lowest BCUT2D eigenvalue weighted by Gasteiger charge is -2.35. The molecule has 1 saturated heterocycles. The molecule has 106 valence electrons. The Morgan fingerprint density at radius 3 is 2.21 bits per heavy atom. The number of nitrogens with one attached hydrogen (secondary N) is 1. The smallest absolute Gasteiger partial charge is 0.133 e. The second kappa shape index (κ2) is 6.34. The lowest BCUT2D eigenvalue weighted by molar-refractivity contribution is 0.151. The first-order chi connectivity index (χ1) is 9.13. The Labute approximate surface area is 109 Å². The zero-order valence-electron chi connectivity index (χ0n) is 10.4. The van der Waals surface area contributed by atoms with Crippen LogP contribution in [0.25, 0.3) is 0 Å². The molecule has 0 aliphatic carbocycles. The van der Waals surface area contributed by atoms with Crippen LogP contribution >= 0.6 is 0 Å². The van der Waals surface area contributed by atoms with Crippen LogP contribution in [0.5, 0.6) is 0 Å². The summed E-state index contributed by atoms with van der Waals surface area (Å²) in [4.78, 5) is 1.83. The zero-order chi connectivity index (χ0) is 13.8. The number of benzene rings is 1. The van der Waals surface area contributed by atoms with E-state index in [4.69, 9.17) is 0 Å². The maximum atomic E-state index is 13.8. The van der Waals surface area contributed by atoms with Crippen LogP contribution in [0, 0.1) is 17.5 Å². The highest BCUT2D eigenvalue weighted by Gasteiger charge is 2.27. The summed E-state index contributed by atoms with van der Waals surface area (Å²) < 4.78 is 53.2. The third-order valence-corrected chi connectivity index (χ3v) is 3.35. The van der Waals surface area contributed by atoms with E-state index in [0.717, 1.165) is 0 Å². The summed E-state index contributed by atoms with van der Waals surface area (Å²) in [5.41, 5.74) is -0.235. The van der Waals surface area contributed by atoms with E-state index < -0.39 is 30.2 Å². The standard InChI is InChI=1S/C13H16F4N2/c14-2-1-12(19-5-3-18-4-6-19)13-10(16)7-9(15)8-11(13)17/h7-8,12,18H,1-6H2/t12-/m1/s1. The largest absolute Gasteiger partial charge is 0.314 e. The Balaban J connectivity index is 2.32. The first-order valence-corrected chi connectivity index (χ1v) is 6.28. The van der Waals surface area contributed by atoms with Crippen molar-refractivity contribution < 1.29 is 17.6 Å². The molecule has 1 fully saturated rings. The quantitative estimate of drug-likeness (QED) is 0.850. The number of halogens is 4. The van der Waals surface area contributed by atoms with Gasteiger partial charge in [0.2, 0.25) is 0 Å². The molecule has 0 unspecified atom stereocenters. The van der Waals surface area contributed by atoms with Gasteiger partial charge in [0.25, 0.3) is 0 Å². The molecule has 0 aromatic heterocycles. The van der Waals surface area contributed by atoms with E-state index >= 15 is 0 Å². The fraction of sp³-hybridized carbons (Fsp3) is 0.538. The molecule has 0 bridgehead atoms. The Kier molecular flexibility index (Phi) is 4.76. The van der Waals surface area contributed by atoms with E-state index in [-0.39, 0.29) is 12.0 Å². The van der Waals surface area contributed by atoms with Crippen LogP contribution in [-0.4, -0.2) is 37.8 Å². The molecule has 1 aromatic carbocycles. The highest BCUT2D eigenvalue weighted by Crippen LogP contribution is 2.30. The SMILES string of the molecule is FCC[C@H](c1c(F)cc(F)cc1F)N1CCNCC1. The molecule has 0 saturated carbocycles. The number of rotatable bonds is 4. The topological polar surface area (TPSA) is 15.3 Å². The minimum atomic E-state index is -0.960. The van der Waals surface area contributed by atoms with Gasteiger partial charge >= 0.3 is 0 Å². The van der Waals surface area contributed by atoms with Gasteiger partial charge in [-0.05, 0) is 6.42 Å². The van der Waals surface area contributed by atoms with Gasteiger partial charge in [-0.1, -0.05) is 0 Å². The average molecular weight is 276 g/mol. The fourth-order valence-electron chi connectivity index (χ4n) is 2.48. The molecule has 1 atom stereocenters. The normalized spacial score (nSPS) is 18.5. The second-order valence-electron chi connectivity index (χ2n) is 4.56. The van der Waals surface area contributed by atoms with Crippen molar-refractivity contribution in [1.29, 1.82) is 0 Å². The molecule has 6 heteroatoms. The Morgan fingerprint density at radius 1 is 1.11 bits per heavy atom. The molecular weight excluding hydrogens is 260 g/mol. The van der Waals surface area contributed by atoms with Crippen LogP contribution in [0.2, 0.25) is 0 Å². The van der Waals surface area contributed by atoms with E-state index in [2.05, 4.69) is 5.32 Å². The van der Waals surface area contributed by atoms with Gasteiger partial charge in [0.1, 0.15) is 17.5 Å². The number of alkyl halides is 1. The Morgan fingerprint density at radius 2 is 1.68 bits per heavy atom. The molecule has 0 spiro atoms. The van der Waals surface area contributed by atoms with Crippen LogP contribution in [0.15, 0.2) is 12.1 Å². The van der Waals surface area contributed by atoms with Crippen molar-refractivity contribution in [3.05, 3.63) is 35.1 Å². The predicted molar refractivity (Wildman–Crippen MR) is 64.1 cm³/mol.